The monoisotopic (exact) mass is 234 g/mol. The van der Waals surface area contributed by atoms with E-state index in [0.717, 1.165) is 6.42 Å². The Bertz CT molecular complexity index is 426. The van der Waals surface area contributed by atoms with E-state index >= 15 is 0 Å². The Labute approximate surface area is 100 Å². The van der Waals surface area contributed by atoms with Gasteiger partial charge in [-0.15, -0.1) is 0 Å². The molecule has 1 amide bonds. The van der Waals surface area contributed by atoms with Crippen LogP contribution in [0, 0.1) is 17.1 Å². The van der Waals surface area contributed by atoms with E-state index in [-0.39, 0.29) is 18.1 Å². The summed E-state index contributed by atoms with van der Waals surface area (Å²) in [5, 5.41) is 11.4. The Morgan fingerprint density at radius 1 is 1.59 bits per heavy atom. The number of amides is 1. The molecule has 1 aromatic rings. The Morgan fingerprint density at radius 3 is 2.94 bits per heavy atom. The number of rotatable bonds is 5. The van der Waals surface area contributed by atoms with Crippen molar-refractivity contribution in [2.45, 2.75) is 32.2 Å². The molecule has 1 atom stereocenters. The summed E-state index contributed by atoms with van der Waals surface area (Å²) in [7, 11) is 0. The molecule has 0 aromatic heterocycles. The van der Waals surface area contributed by atoms with Crippen LogP contribution in [0.3, 0.4) is 0 Å². The fraction of sp³-hybridized carbons (Fsp3) is 0.385. The minimum atomic E-state index is -0.457. The summed E-state index contributed by atoms with van der Waals surface area (Å²) in [6.07, 6.45) is 1.56. The van der Waals surface area contributed by atoms with Crippen LogP contribution in [0.5, 0.6) is 0 Å². The van der Waals surface area contributed by atoms with E-state index in [1.807, 2.05) is 13.0 Å². The first kappa shape index (κ1) is 13.2. The Hall–Kier alpha value is -1.89. The summed E-state index contributed by atoms with van der Waals surface area (Å²) in [6, 6.07) is 7.46. The lowest BCUT2D eigenvalue weighted by atomic mass is 10.1. The molecule has 0 fully saturated rings. The van der Waals surface area contributed by atoms with Gasteiger partial charge >= 0.3 is 0 Å². The van der Waals surface area contributed by atoms with Crippen LogP contribution in [-0.2, 0) is 11.2 Å². The van der Waals surface area contributed by atoms with Crippen molar-refractivity contribution in [2.24, 2.45) is 0 Å². The maximum absolute atomic E-state index is 12.9. The average Bonchev–Trinajstić information content (AvgIpc) is 2.28. The van der Waals surface area contributed by atoms with Crippen molar-refractivity contribution in [3.05, 3.63) is 35.6 Å². The fourth-order valence-electron chi connectivity index (χ4n) is 1.54. The van der Waals surface area contributed by atoms with Crippen LogP contribution in [0.25, 0.3) is 0 Å². The number of hydrogen-bond donors (Lipinski definition) is 1. The molecule has 0 bridgehead atoms. The van der Waals surface area contributed by atoms with E-state index in [0.29, 0.717) is 12.0 Å². The highest BCUT2D eigenvalue weighted by Crippen LogP contribution is 2.04. The molecule has 1 N–H and O–H groups in total. The molecular weight excluding hydrogens is 219 g/mol. The van der Waals surface area contributed by atoms with Crippen molar-refractivity contribution >= 4 is 5.91 Å². The lowest BCUT2D eigenvalue weighted by Gasteiger charge is -2.10. The quantitative estimate of drug-likeness (QED) is 0.848. The lowest BCUT2D eigenvalue weighted by molar-refractivity contribution is -0.120. The topological polar surface area (TPSA) is 52.9 Å². The molecule has 1 unspecified atom stereocenters. The number of hydrogen-bond acceptors (Lipinski definition) is 2. The van der Waals surface area contributed by atoms with Gasteiger partial charge in [0.2, 0.25) is 5.91 Å². The number of nitrogens with one attached hydrogen (secondary N) is 1. The second kappa shape index (κ2) is 6.64. The van der Waals surface area contributed by atoms with Crippen molar-refractivity contribution in [3.63, 3.8) is 0 Å². The normalized spacial score (nSPS) is 11.6. The molecule has 0 radical (unpaired) electrons. The Balaban J connectivity index is 2.52. The van der Waals surface area contributed by atoms with Crippen LogP contribution in [0.2, 0.25) is 0 Å². The van der Waals surface area contributed by atoms with E-state index in [9.17, 15) is 9.18 Å². The van der Waals surface area contributed by atoms with E-state index < -0.39 is 6.04 Å². The van der Waals surface area contributed by atoms with Gasteiger partial charge in [-0.3, -0.25) is 4.79 Å². The van der Waals surface area contributed by atoms with Gasteiger partial charge in [-0.25, -0.2) is 4.39 Å². The predicted molar refractivity (Wildman–Crippen MR) is 62.6 cm³/mol. The van der Waals surface area contributed by atoms with Crippen molar-refractivity contribution in [3.8, 4) is 6.07 Å². The molecular formula is C13H15FN2O. The second-order valence-corrected chi connectivity index (χ2v) is 3.84. The van der Waals surface area contributed by atoms with Gasteiger partial charge in [-0.1, -0.05) is 25.5 Å². The first-order valence-corrected chi connectivity index (χ1v) is 5.59. The zero-order valence-electron chi connectivity index (χ0n) is 9.74. The predicted octanol–water partition coefficient (Wildman–Crippen LogP) is 2.18. The molecule has 0 aliphatic heterocycles. The highest BCUT2D eigenvalue weighted by molar-refractivity contribution is 5.79. The van der Waals surface area contributed by atoms with Crippen LogP contribution in [-0.4, -0.2) is 11.9 Å². The molecule has 0 saturated carbocycles. The molecule has 0 aliphatic rings. The Kier molecular flexibility index (Phi) is 5.15. The molecule has 1 aromatic carbocycles. The zero-order valence-corrected chi connectivity index (χ0v) is 9.74. The third-order valence-corrected chi connectivity index (χ3v) is 2.32. The summed E-state index contributed by atoms with van der Waals surface area (Å²) in [6.45, 7) is 1.95. The van der Waals surface area contributed by atoms with Gasteiger partial charge < -0.3 is 5.32 Å². The molecule has 4 heteroatoms. The van der Waals surface area contributed by atoms with Gasteiger partial charge in [0.25, 0.3) is 0 Å². The van der Waals surface area contributed by atoms with Crippen LogP contribution >= 0.6 is 0 Å². The summed E-state index contributed by atoms with van der Waals surface area (Å²) in [5.41, 5.74) is 0.607. The average molecular weight is 234 g/mol. The smallest absolute Gasteiger partial charge is 0.225 e. The first-order chi connectivity index (χ1) is 8.15. The van der Waals surface area contributed by atoms with E-state index in [1.54, 1.807) is 12.1 Å². The molecule has 0 heterocycles. The molecule has 3 nitrogen and oxygen atoms in total. The third kappa shape index (κ3) is 4.64. The van der Waals surface area contributed by atoms with Crippen LogP contribution in [0.4, 0.5) is 4.39 Å². The highest BCUT2D eigenvalue weighted by atomic mass is 19.1. The number of halogens is 1. The summed E-state index contributed by atoms with van der Waals surface area (Å²) in [5.74, 6) is -0.615. The van der Waals surface area contributed by atoms with Gasteiger partial charge in [0.05, 0.1) is 12.5 Å². The molecule has 90 valence electrons. The number of benzene rings is 1. The third-order valence-electron chi connectivity index (χ3n) is 2.32. The second-order valence-electron chi connectivity index (χ2n) is 3.84. The van der Waals surface area contributed by atoms with Gasteiger partial charge in [0.15, 0.2) is 0 Å². The molecule has 17 heavy (non-hydrogen) atoms. The van der Waals surface area contributed by atoms with Gasteiger partial charge in [0, 0.05) is 0 Å². The summed E-state index contributed by atoms with van der Waals surface area (Å²) in [4.78, 5) is 11.6. The number of carbonyl (C=O) groups is 1. The van der Waals surface area contributed by atoms with Crippen molar-refractivity contribution in [1.29, 1.82) is 5.26 Å². The van der Waals surface area contributed by atoms with E-state index in [1.165, 1.54) is 12.1 Å². The van der Waals surface area contributed by atoms with Crippen molar-refractivity contribution < 1.29 is 9.18 Å². The van der Waals surface area contributed by atoms with Crippen molar-refractivity contribution in [1.82, 2.24) is 5.32 Å². The van der Waals surface area contributed by atoms with Gasteiger partial charge in [-0.05, 0) is 24.1 Å². The maximum atomic E-state index is 12.9. The van der Waals surface area contributed by atoms with Crippen LogP contribution in [0.15, 0.2) is 24.3 Å². The minimum absolute atomic E-state index is 0.0969. The molecule has 0 aliphatic carbocycles. The van der Waals surface area contributed by atoms with Crippen LogP contribution in [0.1, 0.15) is 25.3 Å². The van der Waals surface area contributed by atoms with E-state index in [4.69, 9.17) is 5.26 Å². The lowest BCUT2D eigenvalue weighted by Crippen LogP contribution is -2.34. The molecule has 1 rings (SSSR count). The maximum Gasteiger partial charge on any atom is 0.225 e. The molecule has 0 saturated heterocycles. The number of nitriles is 1. The zero-order chi connectivity index (χ0) is 12.7. The minimum Gasteiger partial charge on any atom is -0.340 e. The number of carbonyl (C=O) groups excluding carboxylic acids is 1. The standard InChI is InChI=1S/C13H15FN2O/c1-2-4-12(9-15)16-13(17)8-10-5-3-6-11(14)7-10/h3,5-7,12H,2,4,8H2,1H3,(H,16,17). The highest BCUT2D eigenvalue weighted by Gasteiger charge is 2.10. The van der Waals surface area contributed by atoms with Crippen LogP contribution < -0.4 is 5.32 Å². The molecule has 0 spiro atoms. The number of nitrogens with zero attached hydrogens (tertiary/aromatic N) is 1. The largest absolute Gasteiger partial charge is 0.340 e. The van der Waals surface area contributed by atoms with E-state index in [2.05, 4.69) is 5.32 Å². The summed E-state index contributed by atoms with van der Waals surface area (Å²) < 4.78 is 12.9. The fourth-order valence-corrected chi connectivity index (χ4v) is 1.54. The van der Waals surface area contributed by atoms with Gasteiger partial charge in [-0.2, -0.15) is 5.26 Å². The summed E-state index contributed by atoms with van der Waals surface area (Å²) >= 11 is 0. The SMILES string of the molecule is CCCC(C#N)NC(=O)Cc1cccc(F)c1. The van der Waals surface area contributed by atoms with Gasteiger partial charge in [0.1, 0.15) is 11.9 Å². The van der Waals surface area contributed by atoms with Crippen molar-refractivity contribution in [2.75, 3.05) is 0 Å². The first-order valence-electron chi connectivity index (χ1n) is 5.59. The Morgan fingerprint density at radius 2 is 2.35 bits per heavy atom.